The van der Waals surface area contributed by atoms with Crippen LogP contribution in [-0.2, 0) is 16.9 Å². The zero-order chi connectivity index (χ0) is 22.3. The predicted molar refractivity (Wildman–Crippen MR) is 115 cm³/mol. The number of hydrogen-bond donors (Lipinski definition) is 1. The molecule has 1 N–H and O–H groups in total. The first kappa shape index (κ1) is 20.9. The van der Waals surface area contributed by atoms with Crippen molar-refractivity contribution in [2.24, 2.45) is 0 Å². The molecule has 0 saturated carbocycles. The van der Waals surface area contributed by atoms with Gasteiger partial charge in [-0.1, -0.05) is 23.7 Å². The van der Waals surface area contributed by atoms with Crippen molar-refractivity contribution in [1.82, 2.24) is 14.8 Å². The highest BCUT2D eigenvalue weighted by atomic mass is 35.5. The van der Waals surface area contributed by atoms with Crippen molar-refractivity contribution >= 4 is 29.3 Å². The first-order valence-corrected chi connectivity index (χ1v) is 10.2. The minimum atomic E-state index is -1.28. The van der Waals surface area contributed by atoms with Crippen molar-refractivity contribution in [1.29, 1.82) is 0 Å². The fourth-order valence-electron chi connectivity index (χ4n) is 3.95. The number of amides is 3. The number of imide groups is 1. The largest absolute Gasteiger partial charge is 0.467 e. The van der Waals surface area contributed by atoms with Gasteiger partial charge in [-0.2, -0.15) is 0 Å². The molecule has 3 aromatic rings. The summed E-state index contributed by atoms with van der Waals surface area (Å²) in [6.45, 7) is 5.50. The number of aryl methyl sites for hydroxylation is 1. The molecule has 0 radical (unpaired) electrons. The van der Waals surface area contributed by atoms with E-state index in [0.717, 1.165) is 22.0 Å². The number of carbonyl (C=O) groups is 3. The van der Waals surface area contributed by atoms with Crippen LogP contribution in [0, 0.1) is 13.8 Å². The number of urea groups is 1. The van der Waals surface area contributed by atoms with Gasteiger partial charge in [0.05, 0.1) is 19.4 Å². The Labute approximate surface area is 184 Å². The SMILES string of the molecule is Cc1cc(C(=O)CN2C(=O)NC(C)(c3cccc(Cl)c3)C2=O)c(C)n1Cc1ccco1. The molecule has 1 fully saturated rings. The Morgan fingerprint density at radius 3 is 2.61 bits per heavy atom. The highest BCUT2D eigenvalue weighted by molar-refractivity contribution is 6.30. The summed E-state index contributed by atoms with van der Waals surface area (Å²) in [4.78, 5) is 39.7. The summed E-state index contributed by atoms with van der Waals surface area (Å²) in [6.07, 6.45) is 1.60. The molecule has 3 amide bonds. The molecular formula is C23H22ClN3O4. The van der Waals surface area contributed by atoms with Crippen LogP contribution in [0.2, 0.25) is 5.02 Å². The summed E-state index contributed by atoms with van der Waals surface area (Å²) < 4.78 is 7.37. The molecule has 160 valence electrons. The third-order valence-corrected chi connectivity index (χ3v) is 5.98. The Morgan fingerprint density at radius 1 is 1.16 bits per heavy atom. The lowest BCUT2D eigenvalue weighted by molar-refractivity contribution is -0.130. The lowest BCUT2D eigenvalue weighted by Gasteiger charge is -2.22. The fourth-order valence-corrected chi connectivity index (χ4v) is 4.14. The smallest absolute Gasteiger partial charge is 0.325 e. The van der Waals surface area contributed by atoms with Crippen molar-refractivity contribution in [2.75, 3.05) is 6.54 Å². The Kier molecular flexibility index (Phi) is 5.23. The third-order valence-electron chi connectivity index (χ3n) is 5.75. The number of rotatable bonds is 6. The standard InChI is InChI=1S/C23H22ClN3O4/c1-14-10-19(15(2)26(14)12-18-8-5-9-31-18)20(28)13-27-21(29)23(3,25-22(27)30)16-6-4-7-17(24)11-16/h4-11H,12-13H2,1-3H3,(H,25,30). The van der Waals surface area contributed by atoms with Gasteiger partial charge >= 0.3 is 6.03 Å². The normalized spacial score (nSPS) is 18.5. The maximum absolute atomic E-state index is 13.1. The van der Waals surface area contributed by atoms with E-state index in [-0.39, 0.29) is 12.3 Å². The number of Topliss-reactive ketones (excluding diaryl/α,β-unsaturated/α-hetero) is 1. The number of benzene rings is 1. The number of nitrogens with one attached hydrogen (secondary N) is 1. The molecule has 2 aromatic heterocycles. The van der Waals surface area contributed by atoms with Gasteiger partial charge in [0.2, 0.25) is 0 Å². The van der Waals surface area contributed by atoms with Crippen LogP contribution >= 0.6 is 11.6 Å². The molecule has 0 spiro atoms. The van der Waals surface area contributed by atoms with E-state index in [1.807, 2.05) is 30.5 Å². The highest BCUT2D eigenvalue weighted by Crippen LogP contribution is 2.30. The Bertz CT molecular complexity index is 1180. The number of hydrogen-bond acceptors (Lipinski definition) is 4. The van der Waals surface area contributed by atoms with Crippen molar-refractivity contribution in [3.05, 3.63) is 82.0 Å². The van der Waals surface area contributed by atoms with Crippen LogP contribution in [0.1, 0.15) is 40.0 Å². The molecule has 1 unspecified atom stereocenters. The van der Waals surface area contributed by atoms with E-state index in [9.17, 15) is 14.4 Å². The average Bonchev–Trinajstić information content (AvgIpc) is 3.39. The number of furan rings is 1. The zero-order valence-electron chi connectivity index (χ0n) is 17.4. The van der Waals surface area contributed by atoms with Crippen LogP contribution in [0.4, 0.5) is 4.79 Å². The fraction of sp³-hybridized carbons (Fsp3) is 0.261. The quantitative estimate of drug-likeness (QED) is 0.464. The minimum Gasteiger partial charge on any atom is -0.467 e. The van der Waals surface area contributed by atoms with Gasteiger partial charge in [0.15, 0.2) is 5.78 Å². The van der Waals surface area contributed by atoms with E-state index in [1.165, 1.54) is 0 Å². The molecule has 1 saturated heterocycles. The maximum Gasteiger partial charge on any atom is 0.325 e. The zero-order valence-corrected chi connectivity index (χ0v) is 18.2. The molecule has 1 aromatic carbocycles. The van der Waals surface area contributed by atoms with E-state index in [4.69, 9.17) is 16.0 Å². The molecule has 0 bridgehead atoms. The van der Waals surface area contributed by atoms with Crippen LogP contribution in [-0.4, -0.2) is 33.7 Å². The van der Waals surface area contributed by atoms with Crippen LogP contribution < -0.4 is 5.32 Å². The Balaban J connectivity index is 1.56. The van der Waals surface area contributed by atoms with Crippen molar-refractivity contribution in [3.8, 4) is 0 Å². The third kappa shape index (κ3) is 3.65. The molecule has 0 aliphatic carbocycles. The minimum absolute atomic E-state index is 0.308. The lowest BCUT2D eigenvalue weighted by Crippen LogP contribution is -2.41. The van der Waals surface area contributed by atoms with Crippen LogP contribution in [0.3, 0.4) is 0 Å². The second-order valence-corrected chi connectivity index (χ2v) is 8.27. The molecule has 1 aliphatic heterocycles. The number of ketones is 1. The molecular weight excluding hydrogens is 418 g/mol. The number of carbonyl (C=O) groups excluding carboxylic acids is 3. The maximum atomic E-state index is 13.1. The van der Waals surface area contributed by atoms with Gasteiger partial charge in [-0.15, -0.1) is 0 Å². The molecule has 7 nitrogen and oxygen atoms in total. The summed E-state index contributed by atoms with van der Waals surface area (Å²) in [5.74, 6) is -0.0256. The molecule has 3 heterocycles. The van der Waals surface area contributed by atoms with Crippen LogP contribution in [0.15, 0.2) is 53.1 Å². The summed E-state index contributed by atoms with van der Waals surface area (Å²) in [6, 6.07) is 11.6. The van der Waals surface area contributed by atoms with Crippen LogP contribution in [0.5, 0.6) is 0 Å². The molecule has 1 atom stereocenters. The van der Waals surface area contributed by atoms with E-state index >= 15 is 0 Å². The van der Waals surface area contributed by atoms with E-state index in [1.54, 1.807) is 43.5 Å². The highest BCUT2D eigenvalue weighted by Gasteiger charge is 2.49. The lowest BCUT2D eigenvalue weighted by atomic mass is 9.92. The summed E-state index contributed by atoms with van der Waals surface area (Å²) >= 11 is 6.05. The van der Waals surface area contributed by atoms with E-state index < -0.39 is 17.5 Å². The van der Waals surface area contributed by atoms with Gasteiger partial charge in [0.1, 0.15) is 11.3 Å². The first-order valence-electron chi connectivity index (χ1n) is 9.83. The van der Waals surface area contributed by atoms with Gasteiger partial charge in [-0.25, -0.2) is 4.79 Å². The van der Waals surface area contributed by atoms with Gasteiger partial charge in [-0.3, -0.25) is 14.5 Å². The van der Waals surface area contributed by atoms with E-state index in [0.29, 0.717) is 22.7 Å². The second-order valence-electron chi connectivity index (χ2n) is 7.83. The van der Waals surface area contributed by atoms with Gasteiger partial charge in [-0.05, 0) is 56.7 Å². The summed E-state index contributed by atoms with van der Waals surface area (Å²) in [5, 5.41) is 3.16. The molecule has 4 rings (SSSR count). The monoisotopic (exact) mass is 439 g/mol. The Morgan fingerprint density at radius 2 is 1.94 bits per heavy atom. The number of halogens is 1. The molecule has 1 aliphatic rings. The Hall–Kier alpha value is -3.32. The first-order chi connectivity index (χ1) is 14.7. The van der Waals surface area contributed by atoms with Crippen molar-refractivity contribution in [3.63, 3.8) is 0 Å². The second kappa shape index (κ2) is 7.74. The van der Waals surface area contributed by atoms with Gasteiger partial charge in [0, 0.05) is 22.0 Å². The van der Waals surface area contributed by atoms with Crippen molar-refractivity contribution in [2.45, 2.75) is 32.9 Å². The predicted octanol–water partition coefficient (Wildman–Crippen LogP) is 4.05. The van der Waals surface area contributed by atoms with Crippen LogP contribution in [0.25, 0.3) is 0 Å². The number of nitrogens with zero attached hydrogens (tertiary/aromatic N) is 2. The summed E-state index contributed by atoms with van der Waals surface area (Å²) in [5.41, 5.74) is 1.39. The van der Waals surface area contributed by atoms with E-state index in [2.05, 4.69) is 5.32 Å². The van der Waals surface area contributed by atoms with Gasteiger partial charge in [0.25, 0.3) is 5.91 Å². The molecule has 8 heteroatoms. The topological polar surface area (TPSA) is 84.5 Å². The number of aromatic nitrogens is 1. The van der Waals surface area contributed by atoms with Crippen molar-refractivity contribution < 1.29 is 18.8 Å². The summed E-state index contributed by atoms with van der Waals surface area (Å²) in [7, 11) is 0. The van der Waals surface area contributed by atoms with Gasteiger partial charge < -0.3 is 14.3 Å². The average molecular weight is 440 g/mol. The molecule has 31 heavy (non-hydrogen) atoms.